The lowest BCUT2D eigenvalue weighted by Gasteiger charge is -2.26. The van der Waals surface area contributed by atoms with Crippen LogP contribution in [-0.2, 0) is 27.5 Å². The molecule has 2 rings (SSSR count). The molecule has 0 fully saturated rings. The maximum Gasteiger partial charge on any atom is 0.434 e. The molecule has 30 heavy (non-hydrogen) atoms. The number of nitrogens with one attached hydrogen (secondary N) is 1. The number of amides is 2. The van der Waals surface area contributed by atoms with Gasteiger partial charge in [0.2, 0.25) is 0 Å². The van der Waals surface area contributed by atoms with E-state index in [-0.39, 0.29) is 26.4 Å². The van der Waals surface area contributed by atoms with Crippen molar-refractivity contribution in [1.29, 1.82) is 0 Å². The average Bonchev–Trinajstić information content (AvgIpc) is 2.79. The Morgan fingerprint density at radius 2 is 1.57 bits per heavy atom. The molecule has 0 bridgehead atoms. The molecule has 8 nitrogen and oxygen atoms in total. The molecule has 0 aromatic heterocycles. The standard InChI is InChI=1S/C22H26N2O6/c1-2-20(15-25)24(22(27)29-17-19-11-7-4-8-12-19)30-14-13-23-21(26)28-16-18-9-5-3-6-10-18/h2-12,20,25H,1,13-17H2,(H,23,26)/t20-/m0/s1. The SMILES string of the molecule is C=C[C@@H](CO)N(OCCNC(=O)OCc1ccccc1)C(=O)OCc1ccccc1. The molecule has 2 aromatic carbocycles. The molecule has 0 saturated heterocycles. The van der Waals surface area contributed by atoms with Crippen molar-refractivity contribution in [3.8, 4) is 0 Å². The van der Waals surface area contributed by atoms with Gasteiger partial charge in [-0.1, -0.05) is 66.7 Å². The second-order valence-electron chi connectivity index (χ2n) is 6.17. The number of carbonyl (C=O) groups excluding carboxylic acids is 2. The van der Waals surface area contributed by atoms with Crippen LogP contribution in [0.1, 0.15) is 11.1 Å². The maximum atomic E-state index is 12.4. The molecule has 2 aromatic rings. The van der Waals surface area contributed by atoms with E-state index in [0.29, 0.717) is 0 Å². The summed E-state index contributed by atoms with van der Waals surface area (Å²) in [5.41, 5.74) is 1.68. The summed E-state index contributed by atoms with van der Waals surface area (Å²) in [5, 5.41) is 12.9. The van der Waals surface area contributed by atoms with Gasteiger partial charge in [0, 0.05) is 6.54 Å². The molecular formula is C22H26N2O6. The van der Waals surface area contributed by atoms with Gasteiger partial charge < -0.3 is 19.9 Å². The topological polar surface area (TPSA) is 97.3 Å². The van der Waals surface area contributed by atoms with E-state index in [1.165, 1.54) is 6.08 Å². The number of hydrogen-bond donors (Lipinski definition) is 2. The van der Waals surface area contributed by atoms with Crippen molar-refractivity contribution in [2.24, 2.45) is 0 Å². The monoisotopic (exact) mass is 414 g/mol. The van der Waals surface area contributed by atoms with E-state index < -0.39 is 24.8 Å². The summed E-state index contributed by atoms with van der Waals surface area (Å²) < 4.78 is 10.3. The highest BCUT2D eigenvalue weighted by molar-refractivity contribution is 5.67. The van der Waals surface area contributed by atoms with E-state index >= 15 is 0 Å². The number of nitrogens with zero attached hydrogens (tertiary/aromatic N) is 1. The van der Waals surface area contributed by atoms with E-state index in [1.807, 2.05) is 60.7 Å². The third-order valence-corrected chi connectivity index (χ3v) is 3.96. The van der Waals surface area contributed by atoms with Gasteiger partial charge in [-0.3, -0.25) is 4.84 Å². The first-order valence-corrected chi connectivity index (χ1v) is 9.44. The Morgan fingerprint density at radius 3 is 2.10 bits per heavy atom. The third-order valence-electron chi connectivity index (χ3n) is 3.96. The zero-order chi connectivity index (χ0) is 21.6. The van der Waals surface area contributed by atoms with Crippen molar-refractivity contribution in [3.05, 3.63) is 84.4 Å². The second kappa shape index (κ2) is 13.0. The Kier molecular flexibility index (Phi) is 9.91. The Bertz CT molecular complexity index is 785. The van der Waals surface area contributed by atoms with Crippen LogP contribution in [0.25, 0.3) is 0 Å². The van der Waals surface area contributed by atoms with E-state index in [2.05, 4.69) is 11.9 Å². The average molecular weight is 414 g/mol. The van der Waals surface area contributed by atoms with Crippen molar-refractivity contribution in [2.45, 2.75) is 19.3 Å². The first kappa shape index (κ1) is 22.9. The van der Waals surface area contributed by atoms with Gasteiger partial charge in [0.15, 0.2) is 0 Å². The highest BCUT2D eigenvalue weighted by Crippen LogP contribution is 2.08. The Hall–Kier alpha value is -3.36. The van der Waals surface area contributed by atoms with Crippen molar-refractivity contribution in [1.82, 2.24) is 10.4 Å². The molecular weight excluding hydrogens is 388 g/mol. The van der Waals surface area contributed by atoms with E-state index in [1.54, 1.807) is 0 Å². The molecule has 0 heterocycles. The largest absolute Gasteiger partial charge is 0.445 e. The molecule has 0 unspecified atom stereocenters. The molecule has 2 amide bonds. The number of aliphatic hydroxyl groups excluding tert-OH is 1. The summed E-state index contributed by atoms with van der Waals surface area (Å²) in [6.07, 6.45) is -0.0155. The predicted octanol–water partition coefficient (Wildman–Crippen LogP) is 3.03. The quantitative estimate of drug-likeness (QED) is 0.333. The van der Waals surface area contributed by atoms with Crippen LogP contribution >= 0.6 is 0 Å². The smallest absolute Gasteiger partial charge is 0.434 e. The zero-order valence-electron chi connectivity index (χ0n) is 16.6. The fraction of sp³-hybridized carbons (Fsp3) is 0.273. The first-order chi connectivity index (χ1) is 14.6. The van der Waals surface area contributed by atoms with Gasteiger partial charge in [0.1, 0.15) is 19.3 Å². The summed E-state index contributed by atoms with van der Waals surface area (Å²) >= 11 is 0. The maximum absolute atomic E-state index is 12.4. The van der Waals surface area contributed by atoms with Crippen LogP contribution in [0, 0.1) is 0 Å². The minimum Gasteiger partial charge on any atom is -0.445 e. The van der Waals surface area contributed by atoms with Gasteiger partial charge in [-0.15, -0.1) is 6.58 Å². The van der Waals surface area contributed by atoms with Crippen molar-refractivity contribution in [2.75, 3.05) is 19.8 Å². The Morgan fingerprint density at radius 1 is 1.00 bits per heavy atom. The molecule has 0 saturated carbocycles. The van der Waals surface area contributed by atoms with E-state index in [9.17, 15) is 14.7 Å². The highest BCUT2D eigenvalue weighted by atomic mass is 16.7. The minimum atomic E-state index is -0.793. The summed E-state index contributed by atoms with van der Waals surface area (Å²) in [4.78, 5) is 29.5. The minimum absolute atomic E-state index is 0.0365. The normalized spacial score (nSPS) is 11.2. The van der Waals surface area contributed by atoms with Crippen LogP contribution in [0.2, 0.25) is 0 Å². The van der Waals surface area contributed by atoms with Gasteiger partial charge in [-0.2, -0.15) is 5.06 Å². The van der Waals surface area contributed by atoms with Crippen molar-refractivity contribution < 1.29 is 29.0 Å². The summed E-state index contributed by atoms with van der Waals surface area (Å²) in [6.45, 7) is 3.45. The molecule has 0 spiro atoms. The third kappa shape index (κ3) is 7.94. The number of hydroxylamine groups is 2. The number of benzene rings is 2. The lowest BCUT2D eigenvalue weighted by Crippen LogP contribution is -2.43. The molecule has 160 valence electrons. The lowest BCUT2D eigenvalue weighted by atomic mass is 10.2. The number of ether oxygens (including phenoxy) is 2. The highest BCUT2D eigenvalue weighted by Gasteiger charge is 2.24. The molecule has 2 N–H and O–H groups in total. The van der Waals surface area contributed by atoms with Crippen LogP contribution in [0.5, 0.6) is 0 Å². The fourth-order valence-corrected chi connectivity index (χ4v) is 2.38. The summed E-state index contributed by atoms with van der Waals surface area (Å²) in [5.74, 6) is 0. The van der Waals surface area contributed by atoms with Gasteiger partial charge in [0.25, 0.3) is 0 Å². The predicted molar refractivity (Wildman–Crippen MR) is 110 cm³/mol. The van der Waals surface area contributed by atoms with Gasteiger partial charge in [0.05, 0.1) is 13.2 Å². The van der Waals surface area contributed by atoms with Crippen LogP contribution in [0.3, 0.4) is 0 Å². The Balaban J connectivity index is 1.76. The van der Waals surface area contributed by atoms with Crippen LogP contribution in [0.15, 0.2) is 73.3 Å². The molecule has 1 atom stereocenters. The molecule has 0 aliphatic carbocycles. The second-order valence-corrected chi connectivity index (χ2v) is 6.17. The molecule has 8 heteroatoms. The number of aliphatic hydroxyl groups is 1. The number of hydrogen-bond acceptors (Lipinski definition) is 6. The van der Waals surface area contributed by atoms with E-state index in [4.69, 9.17) is 14.3 Å². The molecule has 0 aliphatic rings. The summed E-state index contributed by atoms with van der Waals surface area (Å²) in [7, 11) is 0. The van der Waals surface area contributed by atoms with Gasteiger partial charge >= 0.3 is 12.2 Å². The number of alkyl carbamates (subject to hydrolysis) is 1. The van der Waals surface area contributed by atoms with Crippen molar-refractivity contribution >= 4 is 12.2 Å². The first-order valence-electron chi connectivity index (χ1n) is 9.44. The van der Waals surface area contributed by atoms with Crippen LogP contribution in [0.4, 0.5) is 9.59 Å². The molecule has 0 radical (unpaired) electrons. The van der Waals surface area contributed by atoms with Crippen LogP contribution in [-0.4, -0.2) is 48.2 Å². The lowest BCUT2D eigenvalue weighted by molar-refractivity contribution is -0.158. The van der Waals surface area contributed by atoms with Gasteiger partial charge in [-0.05, 0) is 11.1 Å². The number of rotatable bonds is 11. The molecule has 0 aliphatic heterocycles. The summed E-state index contributed by atoms with van der Waals surface area (Å²) in [6, 6.07) is 17.7. The van der Waals surface area contributed by atoms with Crippen LogP contribution < -0.4 is 5.32 Å². The fourth-order valence-electron chi connectivity index (χ4n) is 2.38. The number of carbonyl (C=O) groups is 2. The van der Waals surface area contributed by atoms with E-state index in [0.717, 1.165) is 16.2 Å². The van der Waals surface area contributed by atoms with Crippen molar-refractivity contribution in [3.63, 3.8) is 0 Å². The Labute approximate surface area is 175 Å². The zero-order valence-corrected chi connectivity index (χ0v) is 16.6. The van der Waals surface area contributed by atoms with Gasteiger partial charge in [-0.25, -0.2) is 9.59 Å².